The van der Waals surface area contributed by atoms with Gasteiger partial charge in [-0.1, -0.05) is 12.1 Å². The van der Waals surface area contributed by atoms with Crippen LogP contribution in [0.4, 0.5) is 0 Å². The lowest BCUT2D eigenvalue weighted by Crippen LogP contribution is -2.37. The monoisotopic (exact) mass is 355 g/mol. The van der Waals surface area contributed by atoms with Crippen molar-refractivity contribution in [2.45, 2.75) is 25.4 Å². The number of likely N-dealkylation sites (N-methyl/N-ethyl adjacent to an activating group) is 2. The molecule has 2 aromatic rings. The van der Waals surface area contributed by atoms with Crippen molar-refractivity contribution in [3.8, 4) is 5.69 Å². The van der Waals surface area contributed by atoms with Crippen LogP contribution in [0.1, 0.15) is 18.4 Å². The topological polar surface area (TPSA) is 44.6 Å². The second kappa shape index (κ2) is 8.47. The zero-order chi connectivity index (χ0) is 18.5. The third-order valence-corrected chi connectivity index (χ3v) is 5.19. The van der Waals surface area contributed by atoms with E-state index in [2.05, 4.69) is 41.1 Å². The molecule has 2 heterocycles. The van der Waals surface area contributed by atoms with E-state index in [1.165, 1.54) is 6.42 Å². The first-order chi connectivity index (χ1) is 12.5. The SMILES string of the molecule is CN1CC[C@H](N(C)CCC(=O)N(C)Cc2cccc(-n3cccn3)c2)C1. The minimum Gasteiger partial charge on any atom is -0.341 e. The number of aromatic nitrogens is 2. The van der Waals surface area contributed by atoms with E-state index >= 15 is 0 Å². The van der Waals surface area contributed by atoms with E-state index < -0.39 is 0 Å². The molecule has 1 aromatic heterocycles. The van der Waals surface area contributed by atoms with Crippen LogP contribution in [0.25, 0.3) is 5.69 Å². The van der Waals surface area contributed by atoms with Gasteiger partial charge in [-0.3, -0.25) is 4.79 Å². The lowest BCUT2D eigenvalue weighted by atomic mass is 10.2. The number of hydrogen-bond donors (Lipinski definition) is 0. The third kappa shape index (κ3) is 4.71. The minimum atomic E-state index is 0.188. The van der Waals surface area contributed by atoms with Gasteiger partial charge in [0.2, 0.25) is 5.91 Å². The molecule has 1 saturated heterocycles. The maximum Gasteiger partial charge on any atom is 0.223 e. The zero-order valence-corrected chi connectivity index (χ0v) is 16.0. The van der Waals surface area contributed by atoms with Crippen LogP contribution in [-0.2, 0) is 11.3 Å². The van der Waals surface area contributed by atoms with E-state index in [-0.39, 0.29) is 5.91 Å². The lowest BCUT2D eigenvalue weighted by molar-refractivity contribution is -0.130. The van der Waals surface area contributed by atoms with Gasteiger partial charge in [-0.15, -0.1) is 0 Å². The Kier molecular flexibility index (Phi) is 6.06. The van der Waals surface area contributed by atoms with Gasteiger partial charge in [-0.2, -0.15) is 5.10 Å². The van der Waals surface area contributed by atoms with Crippen molar-refractivity contribution in [1.29, 1.82) is 0 Å². The Hall–Kier alpha value is -2.18. The van der Waals surface area contributed by atoms with Gasteiger partial charge in [-0.05, 0) is 50.8 Å². The van der Waals surface area contributed by atoms with Gasteiger partial charge in [0, 0.05) is 51.5 Å². The molecular weight excluding hydrogens is 326 g/mol. The fourth-order valence-corrected chi connectivity index (χ4v) is 3.50. The summed E-state index contributed by atoms with van der Waals surface area (Å²) in [6.45, 7) is 3.68. The van der Waals surface area contributed by atoms with Crippen molar-refractivity contribution in [1.82, 2.24) is 24.5 Å². The highest BCUT2D eigenvalue weighted by Gasteiger charge is 2.23. The second-order valence-electron chi connectivity index (χ2n) is 7.31. The molecule has 3 rings (SSSR count). The van der Waals surface area contributed by atoms with Crippen LogP contribution < -0.4 is 0 Å². The molecule has 1 atom stereocenters. The molecule has 0 N–H and O–H groups in total. The molecule has 0 unspecified atom stereocenters. The summed E-state index contributed by atoms with van der Waals surface area (Å²) in [5, 5.41) is 4.26. The summed E-state index contributed by atoms with van der Waals surface area (Å²) in [7, 11) is 6.17. The second-order valence-corrected chi connectivity index (χ2v) is 7.31. The Labute approximate surface area is 156 Å². The van der Waals surface area contributed by atoms with Crippen LogP contribution in [0.5, 0.6) is 0 Å². The standard InChI is InChI=1S/C20H29N5O/c1-22-12-8-19(16-22)23(2)13-9-20(26)24(3)15-17-6-4-7-18(14-17)25-11-5-10-21-25/h4-7,10-11,14,19H,8-9,12-13,15-16H2,1-3H3/t19-/m0/s1. The van der Waals surface area contributed by atoms with Crippen molar-refractivity contribution >= 4 is 5.91 Å². The van der Waals surface area contributed by atoms with Gasteiger partial charge in [0.1, 0.15) is 0 Å². The number of nitrogens with zero attached hydrogens (tertiary/aromatic N) is 5. The van der Waals surface area contributed by atoms with E-state index in [1.807, 2.05) is 41.0 Å². The predicted octanol–water partition coefficient (Wildman–Crippen LogP) is 1.86. The van der Waals surface area contributed by atoms with Crippen LogP contribution in [0.2, 0.25) is 0 Å². The Balaban J connectivity index is 1.50. The smallest absolute Gasteiger partial charge is 0.223 e. The summed E-state index contributed by atoms with van der Waals surface area (Å²) in [6.07, 6.45) is 5.44. The molecule has 6 nitrogen and oxygen atoms in total. The fourth-order valence-electron chi connectivity index (χ4n) is 3.50. The number of rotatable bonds is 7. The van der Waals surface area contributed by atoms with Gasteiger partial charge in [-0.25, -0.2) is 4.68 Å². The van der Waals surface area contributed by atoms with E-state index in [0.717, 1.165) is 30.9 Å². The first kappa shape index (κ1) is 18.6. The van der Waals surface area contributed by atoms with Gasteiger partial charge < -0.3 is 14.7 Å². The maximum atomic E-state index is 12.5. The van der Waals surface area contributed by atoms with Crippen molar-refractivity contribution in [3.05, 3.63) is 48.3 Å². The lowest BCUT2D eigenvalue weighted by Gasteiger charge is -2.25. The highest BCUT2D eigenvalue weighted by molar-refractivity contribution is 5.76. The third-order valence-electron chi connectivity index (χ3n) is 5.19. The molecule has 0 radical (unpaired) electrons. The van der Waals surface area contributed by atoms with Crippen LogP contribution in [0.3, 0.4) is 0 Å². The molecule has 1 fully saturated rings. The molecule has 0 aliphatic carbocycles. The number of hydrogen-bond acceptors (Lipinski definition) is 4. The number of amides is 1. The average molecular weight is 355 g/mol. The van der Waals surface area contributed by atoms with Crippen LogP contribution in [0.15, 0.2) is 42.7 Å². The Morgan fingerprint density at radius 2 is 2.15 bits per heavy atom. The Morgan fingerprint density at radius 3 is 2.85 bits per heavy atom. The van der Waals surface area contributed by atoms with Gasteiger partial charge >= 0.3 is 0 Å². The van der Waals surface area contributed by atoms with Gasteiger partial charge in [0.05, 0.1) is 5.69 Å². The van der Waals surface area contributed by atoms with Gasteiger partial charge in [0.25, 0.3) is 0 Å². The van der Waals surface area contributed by atoms with Crippen molar-refractivity contribution < 1.29 is 4.79 Å². The van der Waals surface area contributed by atoms with E-state index in [1.54, 1.807) is 6.20 Å². The summed E-state index contributed by atoms with van der Waals surface area (Å²) in [5.74, 6) is 0.188. The average Bonchev–Trinajstić information content (AvgIpc) is 3.31. The number of benzene rings is 1. The van der Waals surface area contributed by atoms with Crippen molar-refractivity contribution in [3.63, 3.8) is 0 Å². The van der Waals surface area contributed by atoms with Gasteiger partial charge in [0.15, 0.2) is 0 Å². The minimum absolute atomic E-state index is 0.188. The van der Waals surface area contributed by atoms with E-state index in [9.17, 15) is 4.79 Å². The number of likely N-dealkylation sites (tertiary alicyclic amines) is 1. The summed E-state index contributed by atoms with van der Waals surface area (Å²) in [5.41, 5.74) is 2.12. The zero-order valence-electron chi connectivity index (χ0n) is 16.0. The molecule has 1 aliphatic heterocycles. The molecule has 0 saturated carbocycles. The first-order valence-electron chi connectivity index (χ1n) is 9.24. The quantitative estimate of drug-likeness (QED) is 0.760. The molecule has 0 spiro atoms. The Morgan fingerprint density at radius 1 is 1.31 bits per heavy atom. The molecule has 140 valence electrons. The maximum absolute atomic E-state index is 12.5. The summed E-state index contributed by atoms with van der Waals surface area (Å²) >= 11 is 0. The van der Waals surface area contributed by atoms with Crippen LogP contribution >= 0.6 is 0 Å². The largest absolute Gasteiger partial charge is 0.341 e. The molecule has 6 heteroatoms. The highest BCUT2D eigenvalue weighted by Crippen LogP contribution is 2.14. The summed E-state index contributed by atoms with van der Waals surface area (Å²) in [4.78, 5) is 19.0. The van der Waals surface area contributed by atoms with Crippen LogP contribution in [-0.4, -0.2) is 77.2 Å². The molecule has 0 bridgehead atoms. The molecule has 26 heavy (non-hydrogen) atoms. The Bertz CT molecular complexity index is 715. The fraction of sp³-hybridized carbons (Fsp3) is 0.500. The molecule has 1 aliphatic rings. The summed E-state index contributed by atoms with van der Waals surface area (Å²) < 4.78 is 1.83. The van der Waals surface area contributed by atoms with Crippen molar-refractivity contribution in [2.24, 2.45) is 0 Å². The number of carbonyl (C=O) groups excluding carboxylic acids is 1. The van der Waals surface area contributed by atoms with Crippen molar-refractivity contribution in [2.75, 3.05) is 40.8 Å². The van der Waals surface area contributed by atoms with E-state index in [4.69, 9.17) is 0 Å². The predicted molar refractivity (Wildman–Crippen MR) is 103 cm³/mol. The van der Waals surface area contributed by atoms with Crippen LogP contribution in [0, 0.1) is 0 Å². The molecule has 1 amide bonds. The van der Waals surface area contributed by atoms with E-state index in [0.29, 0.717) is 19.0 Å². The first-order valence-corrected chi connectivity index (χ1v) is 9.24. The molecule has 1 aromatic carbocycles. The number of carbonyl (C=O) groups is 1. The highest BCUT2D eigenvalue weighted by atomic mass is 16.2. The normalized spacial score (nSPS) is 17.8. The summed E-state index contributed by atoms with van der Waals surface area (Å²) in [6, 6.07) is 10.6. The molecular formula is C20H29N5O.